The van der Waals surface area contributed by atoms with Crippen LogP contribution in [0.3, 0.4) is 0 Å². The summed E-state index contributed by atoms with van der Waals surface area (Å²) in [5.74, 6) is 0.781. The monoisotopic (exact) mass is 274 g/mol. The fraction of sp³-hybridized carbons (Fsp3) is 0.438. The minimum atomic E-state index is -0.278. The zero-order chi connectivity index (χ0) is 14.3. The normalized spacial score (nSPS) is 14.8. The molecule has 1 heterocycles. The molecule has 2 aromatic rings. The molecule has 106 valence electrons. The highest BCUT2D eigenvalue weighted by molar-refractivity contribution is 5.71. The molecule has 1 aliphatic rings. The third-order valence-electron chi connectivity index (χ3n) is 3.74. The Balaban J connectivity index is 2.18. The Kier molecular flexibility index (Phi) is 3.24. The molecular formula is C16H19FN2O. The summed E-state index contributed by atoms with van der Waals surface area (Å²) in [5, 5.41) is 4.61. The minimum Gasteiger partial charge on any atom is -0.496 e. The third kappa shape index (κ3) is 2.19. The van der Waals surface area contributed by atoms with Crippen molar-refractivity contribution in [3.8, 4) is 17.0 Å². The maximum Gasteiger partial charge on any atom is 0.136 e. The van der Waals surface area contributed by atoms with Crippen LogP contribution in [0.15, 0.2) is 24.4 Å². The van der Waals surface area contributed by atoms with Crippen molar-refractivity contribution < 1.29 is 9.13 Å². The van der Waals surface area contributed by atoms with Gasteiger partial charge in [-0.15, -0.1) is 0 Å². The Morgan fingerprint density at radius 3 is 2.70 bits per heavy atom. The Morgan fingerprint density at radius 2 is 2.10 bits per heavy atom. The molecule has 0 N–H and O–H groups in total. The van der Waals surface area contributed by atoms with Gasteiger partial charge in [0.25, 0.3) is 0 Å². The lowest BCUT2D eigenvalue weighted by atomic mass is 10.0. The molecule has 0 radical (unpaired) electrons. The maximum atomic E-state index is 14.3. The van der Waals surface area contributed by atoms with Gasteiger partial charge in [0, 0.05) is 17.8 Å². The molecule has 0 aliphatic heterocycles. The molecule has 0 atom stereocenters. The topological polar surface area (TPSA) is 27.1 Å². The van der Waals surface area contributed by atoms with Crippen molar-refractivity contribution in [2.24, 2.45) is 0 Å². The number of ether oxygens (including phenoxy) is 1. The van der Waals surface area contributed by atoms with E-state index in [1.54, 1.807) is 19.2 Å². The fourth-order valence-electron chi connectivity index (χ4n) is 2.46. The van der Waals surface area contributed by atoms with Gasteiger partial charge in [0.05, 0.1) is 12.7 Å². The summed E-state index contributed by atoms with van der Waals surface area (Å²) in [6.07, 6.45) is 4.38. The van der Waals surface area contributed by atoms with E-state index in [1.807, 2.05) is 4.68 Å². The van der Waals surface area contributed by atoms with E-state index >= 15 is 0 Å². The molecule has 1 aromatic heterocycles. The van der Waals surface area contributed by atoms with Crippen LogP contribution in [0.2, 0.25) is 0 Å². The van der Waals surface area contributed by atoms with Gasteiger partial charge in [-0.3, -0.25) is 4.68 Å². The van der Waals surface area contributed by atoms with Crippen molar-refractivity contribution in [1.29, 1.82) is 0 Å². The Hall–Kier alpha value is -1.84. The van der Waals surface area contributed by atoms with Crippen molar-refractivity contribution in [3.63, 3.8) is 0 Å². The number of methoxy groups -OCH3 is 1. The summed E-state index contributed by atoms with van der Waals surface area (Å²) >= 11 is 0. The van der Waals surface area contributed by atoms with Crippen molar-refractivity contribution >= 4 is 0 Å². The summed E-state index contributed by atoms with van der Waals surface area (Å²) in [7, 11) is 1.56. The number of rotatable bonds is 4. The molecule has 0 saturated heterocycles. The van der Waals surface area contributed by atoms with Gasteiger partial charge in [-0.1, -0.05) is 6.07 Å². The van der Waals surface area contributed by atoms with E-state index in [1.165, 1.54) is 6.07 Å². The predicted molar refractivity (Wildman–Crippen MR) is 76.5 cm³/mol. The molecule has 1 aliphatic carbocycles. The van der Waals surface area contributed by atoms with Gasteiger partial charge < -0.3 is 4.74 Å². The molecule has 1 saturated carbocycles. The van der Waals surface area contributed by atoms with Gasteiger partial charge >= 0.3 is 0 Å². The van der Waals surface area contributed by atoms with Crippen LogP contribution < -0.4 is 4.74 Å². The standard InChI is InChI=1S/C16H19FN2O/c1-10(2)19-9-12(11-7-8-11)16(18-19)15-13(17)5-4-6-14(15)20-3/h4-6,9-11H,7-8H2,1-3H3. The highest BCUT2D eigenvalue weighted by atomic mass is 19.1. The molecule has 0 amide bonds. The highest BCUT2D eigenvalue weighted by Gasteiger charge is 2.31. The highest BCUT2D eigenvalue weighted by Crippen LogP contribution is 2.46. The lowest BCUT2D eigenvalue weighted by molar-refractivity contribution is 0.413. The molecule has 0 bridgehead atoms. The van der Waals surface area contributed by atoms with Gasteiger partial charge in [-0.2, -0.15) is 5.10 Å². The average Bonchev–Trinajstić information content (AvgIpc) is 3.17. The van der Waals surface area contributed by atoms with Crippen LogP contribution in [0.1, 0.15) is 44.2 Å². The van der Waals surface area contributed by atoms with E-state index in [2.05, 4.69) is 25.1 Å². The summed E-state index contributed by atoms with van der Waals surface area (Å²) in [6, 6.07) is 5.17. The summed E-state index contributed by atoms with van der Waals surface area (Å²) < 4.78 is 21.5. The van der Waals surface area contributed by atoms with Crippen molar-refractivity contribution in [1.82, 2.24) is 9.78 Å². The minimum absolute atomic E-state index is 0.263. The maximum absolute atomic E-state index is 14.3. The van der Waals surface area contributed by atoms with Gasteiger partial charge in [0.1, 0.15) is 17.3 Å². The molecule has 0 spiro atoms. The van der Waals surface area contributed by atoms with Crippen molar-refractivity contribution in [2.45, 2.75) is 38.6 Å². The van der Waals surface area contributed by atoms with E-state index in [0.29, 0.717) is 17.2 Å². The number of halogens is 1. The quantitative estimate of drug-likeness (QED) is 0.837. The zero-order valence-electron chi connectivity index (χ0n) is 12.1. The van der Waals surface area contributed by atoms with E-state index in [0.717, 1.165) is 24.1 Å². The third-order valence-corrected chi connectivity index (χ3v) is 3.74. The largest absolute Gasteiger partial charge is 0.496 e. The Labute approximate surface area is 118 Å². The van der Waals surface area contributed by atoms with Gasteiger partial charge in [-0.05, 0) is 44.7 Å². The van der Waals surface area contributed by atoms with Crippen LogP contribution in [-0.2, 0) is 0 Å². The smallest absolute Gasteiger partial charge is 0.136 e. The van der Waals surface area contributed by atoms with Gasteiger partial charge in [-0.25, -0.2) is 4.39 Å². The number of benzene rings is 1. The van der Waals surface area contributed by atoms with Gasteiger partial charge in [0.2, 0.25) is 0 Å². The average molecular weight is 274 g/mol. The van der Waals surface area contributed by atoms with Crippen LogP contribution in [0.25, 0.3) is 11.3 Å². The van der Waals surface area contributed by atoms with E-state index in [-0.39, 0.29) is 11.9 Å². The second kappa shape index (κ2) is 4.93. The molecule has 3 nitrogen and oxygen atoms in total. The molecule has 1 aromatic carbocycles. The van der Waals surface area contributed by atoms with Crippen LogP contribution in [-0.4, -0.2) is 16.9 Å². The lowest BCUT2D eigenvalue weighted by Gasteiger charge is -2.09. The zero-order valence-corrected chi connectivity index (χ0v) is 12.1. The van der Waals surface area contributed by atoms with Gasteiger partial charge in [0.15, 0.2) is 0 Å². The van der Waals surface area contributed by atoms with Crippen molar-refractivity contribution in [2.75, 3.05) is 7.11 Å². The molecule has 1 fully saturated rings. The van der Waals surface area contributed by atoms with E-state index < -0.39 is 0 Å². The first-order chi connectivity index (χ1) is 9.61. The summed E-state index contributed by atoms with van der Waals surface area (Å²) in [5.41, 5.74) is 2.36. The summed E-state index contributed by atoms with van der Waals surface area (Å²) in [4.78, 5) is 0. The van der Waals surface area contributed by atoms with Crippen LogP contribution in [0.5, 0.6) is 5.75 Å². The van der Waals surface area contributed by atoms with Crippen LogP contribution in [0.4, 0.5) is 4.39 Å². The molecular weight excluding hydrogens is 255 g/mol. The summed E-state index contributed by atoms with van der Waals surface area (Å²) in [6.45, 7) is 4.15. The van der Waals surface area contributed by atoms with Crippen molar-refractivity contribution in [3.05, 3.63) is 35.8 Å². The first-order valence-electron chi connectivity index (χ1n) is 7.03. The number of hydrogen-bond donors (Lipinski definition) is 0. The number of aromatic nitrogens is 2. The number of hydrogen-bond acceptors (Lipinski definition) is 2. The lowest BCUT2D eigenvalue weighted by Crippen LogP contribution is -2.01. The molecule has 0 unspecified atom stereocenters. The number of nitrogens with zero attached hydrogens (tertiary/aromatic N) is 2. The molecule has 3 rings (SSSR count). The Morgan fingerprint density at radius 1 is 1.35 bits per heavy atom. The second-order valence-corrected chi connectivity index (χ2v) is 5.60. The van der Waals surface area contributed by atoms with Crippen LogP contribution >= 0.6 is 0 Å². The molecule has 20 heavy (non-hydrogen) atoms. The Bertz CT molecular complexity index is 629. The first kappa shape index (κ1) is 13.2. The fourth-order valence-corrected chi connectivity index (χ4v) is 2.46. The second-order valence-electron chi connectivity index (χ2n) is 5.60. The predicted octanol–water partition coefficient (Wildman–Crippen LogP) is 4.16. The van der Waals surface area contributed by atoms with E-state index in [4.69, 9.17) is 4.74 Å². The molecule has 4 heteroatoms. The van der Waals surface area contributed by atoms with E-state index in [9.17, 15) is 4.39 Å². The first-order valence-corrected chi connectivity index (χ1v) is 7.03. The SMILES string of the molecule is COc1cccc(F)c1-c1nn(C(C)C)cc1C1CC1. The van der Waals surface area contributed by atoms with Crippen LogP contribution in [0, 0.1) is 5.82 Å².